The molecule has 0 bridgehead atoms. The highest BCUT2D eigenvalue weighted by molar-refractivity contribution is 5.81. The molecule has 0 aliphatic carbocycles. The molecule has 1 aromatic carbocycles. The molecule has 0 spiro atoms. The molecule has 0 radical (unpaired) electrons. The van der Waals surface area contributed by atoms with E-state index in [0.717, 1.165) is 11.1 Å². The SMILES string of the molecule is CC(=O)CCC(=O)OCc1cccc(CC(=O)OC(C)(C)C)c1. The molecule has 0 N–H and O–H groups in total. The second kappa shape index (κ2) is 8.46. The van der Waals surface area contributed by atoms with Crippen LogP contribution in [0.4, 0.5) is 0 Å². The average Bonchev–Trinajstić information content (AvgIpc) is 2.41. The molecular formula is C18H24O5. The predicted molar refractivity (Wildman–Crippen MR) is 85.7 cm³/mol. The summed E-state index contributed by atoms with van der Waals surface area (Å²) in [6.45, 7) is 7.03. The molecule has 0 fully saturated rings. The number of hydrogen-bond donors (Lipinski definition) is 0. The summed E-state index contributed by atoms with van der Waals surface area (Å²) in [6, 6.07) is 7.25. The molecule has 5 heteroatoms. The third-order valence-electron chi connectivity index (χ3n) is 2.84. The molecular weight excluding hydrogens is 296 g/mol. The Morgan fingerprint density at radius 2 is 1.65 bits per heavy atom. The van der Waals surface area contributed by atoms with Crippen molar-refractivity contribution in [3.8, 4) is 0 Å². The summed E-state index contributed by atoms with van der Waals surface area (Å²) in [7, 11) is 0. The number of ketones is 1. The highest BCUT2D eigenvalue weighted by Crippen LogP contribution is 2.12. The molecule has 1 rings (SSSR count). The van der Waals surface area contributed by atoms with Crippen molar-refractivity contribution >= 4 is 17.7 Å². The van der Waals surface area contributed by atoms with E-state index in [4.69, 9.17) is 9.47 Å². The molecule has 0 unspecified atom stereocenters. The van der Waals surface area contributed by atoms with Crippen molar-refractivity contribution in [1.29, 1.82) is 0 Å². The molecule has 0 atom stereocenters. The van der Waals surface area contributed by atoms with E-state index in [9.17, 15) is 14.4 Å². The van der Waals surface area contributed by atoms with Gasteiger partial charge in [-0.15, -0.1) is 0 Å². The van der Waals surface area contributed by atoms with Crippen LogP contribution < -0.4 is 0 Å². The van der Waals surface area contributed by atoms with Crippen molar-refractivity contribution in [2.45, 2.75) is 59.2 Å². The fourth-order valence-electron chi connectivity index (χ4n) is 1.89. The molecule has 0 saturated heterocycles. The molecule has 0 saturated carbocycles. The van der Waals surface area contributed by atoms with E-state index in [1.807, 2.05) is 39.0 Å². The largest absolute Gasteiger partial charge is 0.461 e. The van der Waals surface area contributed by atoms with E-state index in [0.29, 0.717) is 0 Å². The Kier molecular flexibility index (Phi) is 6.94. The maximum atomic E-state index is 11.8. The number of rotatable bonds is 7. The molecule has 0 heterocycles. The number of benzene rings is 1. The molecule has 0 aromatic heterocycles. The van der Waals surface area contributed by atoms with E-state index in [-0.39, 0.29) is 37.6 Å². The Hall–Kier alpha value is -2.17. The summed E-state index contributed by atoms with van der Waals surface area (Å²) in [5, 5.41) is 0. The lowest BCUT2D eigenvalue weighted by Gasteiger charge is -2.19. The van der Waals surface area contributed by atoms with Crippen molar-refractivity contribution in [2.75, 3.05) is 0 Å². The first-order valence-corrected chi connectivity index (χ1v) is 7.60. The summed E-state index contributed by atoms with van der Waals surface area (Å²) < 4.78 is 10.4. The van der Waals surface area contributed by atoms with Crippen molar-refractivity contribution in [3.05, 3.63) is 35.4 Å². The normalized spacial score (nSPS) is 11.0. The van der Waals surface area contributed by atoms with Crippen LogP contribution in [0.3, 0.4) is 0 Å². The fraction of sp³-hybridized carbons (Fsp3) is 0.500. The first-order chi connectivity index (χ1) is 10.7. The van der Waals surface area contributed by atoms with Crippen LogP contribution in [0.2, 0.25) is 0 Å². The molecule has 0 aliphatic rings. The Balaban J connectivity index is 2.52. The average molecular weight is 320 g/mol. The predicted octanol–water partition coefficient (Wildman–Crippen LogP) is 2.98. The Labute approximate surface area is 137 Å². The number of ether oxygens (including phenoxy) is 2. The molecule has 126 valence electrons. The van der Waals surface area contributed by atoms with Crippen LogP contribution in [0.25, 0.3) is 0 Å². The summed E-state index contributed by atoms with van der Waals surface area (Å²) in [5.74, 6) is -0.743. The zero-order valence-electron chi connectivity index (χ0n) is 14.2. The smallest absolute Gasteiger partial charge is 0.310 e. The first kappa shape index (κ1) is 18.9. The lowest BCUT2D eigenvalue weighted by atomic mass is 10.1. The molecule has 1 aromatic rings. The minimum atomic E-state index is -0.513. The summed E-state index contributed by atoms with van der Waals surface area (Å²) in [5.41, 5.74) is 1.08. The zero-order valence-corrected chi connectivity index (χ0v) is 14.2. The van der Waals surface area contributed by atoms with Crippen LogP contribution in [0, 0.1) is 0 Å². The van der Waals surface area contributed by atoms with E-state index in [1.54, 1.807) is 6.07 Å². The lowest BCUT2D eigenvalue weighted by molar-refractivity contribution is -0.154. The van der Waals surface area contributed by atoms with Gasteiger partial charge in [0.25, 0.3) is 0 Å². The number of carbonyl (C=O) groups is 3. The zero-order chi connectivity index (χ0) is 17.5. The lowest BCUT2D eigenvalue weighted by Crippen LogP contribution is -2.24. The van der Waals surface area contributed by atoms with Gasteiger partial charge in [0.1, 0.15) is 18.0 Å². The van der Waals surface area contributed by atoms with Gasteiger partial charge in [-0.1, -0.05) is 24.3 Å². The number of Topliss-reactive ketones (excluding diaryl/α,β-unsaturated/α-hetero) is 1. The number of carbonyl (C=O) groups excluding carboxylic acids is 3. The van der Waals surface area contributed by atoms with Gasteiger partial charge in [0, 0.05) is 6.42 Å². The van der Waals surface area contributed by atoms with Crippen LogP contribution >= 0.6 is 0 Å². The Morgan fingerprint density at radius 1 is 1.00 bits per heavy atom. The molecule has 0 amide bonds. The Morgan fingerprint density at radius 3 is 2.26 bits per heavy atom. The van der Waals surface area contributed by atoms with Crippen molar-refractivity contribution < 1.29 is 23.9 Å². The second-order valence-electron chi connectivity index (χ2n) is 6.45. The fourth-order valence-corrected chi connectivity index (χ4v) is 1.89. The van der Waals surface area contributed by atoms with Gasteiger partial charge in [0.15, 0.2) is 0 Å². The van der Waals surface area contributed by atoms with Gasteiger partial charge in [-0.2, -0.15) is 0 Å². The van der Waals surface area contributed by atoms with Gasteiger partial charge in [-0.25, -0.2) is 0 Å². The molecule has 0 aliphatic heterocycles. The Bertz CT molecular complexity index is 569. The summed E-state index contributed by atoms with van der Waals surface area (Å²) in [4.78, 5) is 34.1. The van der Waals surface area contributed by atoms with Crippen molar-refractivity contribution in [3.63, 3.8) is 0 Å². The van der Waals surface area contributed by atoms with E-state index < -0.39 is 11.6 Å². The van der Waals surface area contributed by atoms with Gasteiger partial charge in [0.05, 0.1) is 12.8 Å². The minimum absolute atomic E-state index is 0.0405. The van der Waals surface area contributed by atoms with Crippen molar-refractivity contribution in [1.82, 2.24) is 0 Å². The highest BCUT2D eigenvalue weighted by Gasteiger charge is 2.16. The minimum Gasteiger partial charge on any atom is -0.461 e. The maximum absolute atomic E-state index is 11.8. The first-order valence-electron chi connectivity index (χ1n) is 7.60. The number of esters is 2. The molecule has 23 heavy (non-hydrogen) atoms. The van der Waals surface area contributed by atoms with Gasteiger partial charge in [-0.3, -0.25) is 9.59 Å². The van der Waals surface area contributed by atoms with Crippen LogP contribution in [0.1, 0.15) is 51.7 Å². The van der Waals surface area contributed by atoms with Gasteiger partial charge in [-0.05, 0) is 38.8 Å². The van der Waals surface area contributed by atoms with Gasteiger partial charge < -0.3 is 14.3 Å². The topological polar surface area (TPSA) is 69.7 Å². The molecule has 5 nitrogen and oxygen atoms in total. The van der Waals surface area contributed by atoms with E-state index in [2.05, 4.69) is 0 Å². The second-order valence-corrected chi connectivity index (χ2v) is 6.45. The quantitative estimate of drug-likeness (QED) is 0.722. The highest BCUT2D eigenvalue weighted by atomic mass is 16.6. The maximum Gasteiger partial charge on any atom is 0.310 e. The van der Waals surface area contributed by atoms with Gasteiger partial charge >= 0.3 is 11.9 Å². The van der Waals surface area contributed by atoms with Crippen LogP contribution in [0.5, 0.6) is 0 Å². The summed E-state index contributed by atoms with van der Waals surface area (Å²) >= 11 is 0. The van der Waals surface area contributed by atoms with E-state index >= 15 is 0 Å². The summed E-state index contributed by atoms with van der Waals surface area (Å²) in [6.07, 6.45) is 0.452. The third-order valence-corrected chi connectivity index (χ3v) is 2.84. The van der Waals surface area contributed by atoms with Crippen molar-refractivity contribution in [2.24, 2.45) is 0 Å². The van der Waals surface area contributed by atoms with Gasteiger partial charge in [0.2, 0.25) is 0 Å². The standard InChI is InChI=1S/C18H24O5/c1-13(19)8-9-16(20)22-12-15-7-5-6-14(10-15)11-17(21)23-18(2,3)4/h5-7,10H,8-9,11-12H2,1-4H3. The van der Waals surface area contributed by atoms with Crippen LogP contribution in [-0.4, -0.2) is 23.3 Å². The van der Waals surface area contributed by atoms with E-state index in [1.165, 1.54) is 6.92 Å². The third kappa shape index (κ3) is 8.76. The van der Waals surface area contributed by atoms with Crippen LogP contribution in [-0.2, 0) is 36.9 Å². The number of hydrogen-bond acceptors (Lipinski definition) is 5. The van der Waals surface area contributed by atoms with Crippen LogP contribution in [0.15, 0.2) is 24.3 Å². The monoisotopic (exact) mass is 320 g/mol.